The van der Waals surface area contributed by atoms with Crippen LogP contribution in [0, 0.1) is 17.8 Å². The zero-order valence-corrected chi connectivity index (χ0v) is 21.3. The van der Waals surface area contributed by atoms with Crippen LogP contribution in [0.3, 0.4) is 0 Å². The normalized spacial score (nSPS) is 22.0. The summed E-state index contributed by atoms with van der Waals surface area (Å²) in [5.41, 5.74) is 2.15. The number of rotatable bonds is 11. The maximum atomic E-state index is 12.0. The lowest BCUT2D eigenvalue weighted by molar-refractivity contribution is -0.0280. The molecule has 0 spiro atoms. The fourth-order valence-corrected chi connectivity index (χ4v) is 5.93. The number of benzene rings is 1. The van der Waals surface area contributed by atoms with Crippen LogP contribution in [0.25, 0.3) is 0 Å². The summed E-state index contributed by atoms with van der Waals surface area (Å²) in [5, 5.41) is 0. The fourth-order valence-electron chi connectivity index (χ4n) is 5.05. The molecular formula is C26H37N3O4S. The molecule has 0 amide bonds. The molecule has 4 rings (SSSR count). The predicted octanol–water partition coefficient (Wildman–Crippen LogP) is 3.92. The molecule has 3 unspecified atom stereocenters. The van der Waals surface area contributed by atoms with E-state index in [2.05, 4.69) is 21.8 Å². The molecule has 1 aromatic heterocycles. The Bertz CT molecular complexity index is 1020. The first-order chi connectivity index (χ1) is 16.4. The number of piperidine rings is 1. The molecule has 8 heteroatoms. The Kier molecular flexibility index (Phi) is 8.22. The monoisotopic (exact) mass is 487 g/mol. The molecule has 1 aliphatic carbocycles. The van der Waals surface area contributed by atoms with Gasteiger partial charge in [-0.1, -0.05) is 26.0 Å². The predicted molar refractivity (Wildman–Crippen MR) is 133 cm³/mol. The van der Waals surface area contributed by atoms with Crippen LogP contribution in [0.1, 0.15) is 44.2 Å². The molecule has 7 nitrogen and oxygen atoms in total. The number of hydrogen-bond acceptors (Lipinski definition) is 7. The second kappa shape index (κ2) is 11.1. The van der Waals surface area contributed by atoms with Crippen molar-refractivity contribution < 1.29 is 17.9 Å². The Balaban J connectivity index is 1.27. The number of methoxy groups -OCH3 is 1. The maximum Gasteiger partial charge on any atom is 0.225 e. The summed E-state index contributed by atoms with van der Waals surface area (Å²) in [6, 6.07) is 7.05. The quantitative estimate of drug-likeness (QED) is 0.475. The van der Waals surface area contributed by atoms with Crippen molar-refractivity contribution in [3.63, 3.8) is 0 Å². The Labute approximate surface area is 203 Å². The molecular weight excluding hydrogens is 450 g/mol. The zero-order chi connectivity index (χ0) is 24.1. The lowest BCUT2D eigenvalue weighted by Crippen LogP contribution is -2.36. The molecule has 1 saturated carbocycles. The Hall–Kier alpha value is -2.03. The van der Waals surface area contributed by atoms with Crippen LogP contribution in [0.15, 0.2) is 41.6 Å². The lowest BCUT2D eigenvalue weighted by Gasteiger charge is -2.32. The number of anilines is 1. The standard InChI is InChI=1S/C26H37N3O4S/c1-4-19-15-27-26(28-16-19)29-12-10-21(11-13-29)23-14-24(23)25(18-32-3)33-17-20-6-8-22(9-7-20)34(30,31)5-2/h6-9,15-16,21,23-25H,4-5,10-14,17-18H2,1-3H3. The summed E-state index contributed by atoms with van der Waals surface area (Å²) < 4.78 is 35.8. The van der Waals surface area contributed by atoms with Crippen molar-refractivity contribution in [3.05, 3.63) is 47.8 Å². The molecule has 2 fully saturated rings. The minimum absolute atomic E-state index is 0.0667. The van der Waals surface area contributed by atoms with E-state index in [1.54, 1.807) is 26.2 Å². The van der Waals surface area contributed by atoms with Gasteiger partial charge in [-0.15, -0.1) is 0 Å². The Morgan fingerprint density at radius 2 is 1.74 bits per heavy atom. The van der Waals surface area contributed by atoms with Gasteiger partial charge in [0.1, 0.15) is 0 Å². The van der Waals surface area contributed by atoms with Crippen LogP contribution in [-0.2, 0) is 32.3 Å². The molecule has 0 N–H and O–H groups in total. The van der Waals surface area contributed by atoms with Gasteiger partial charge in [0.15, 0.2) is 9.84 Å². The summed E-state index contributed by atoms with van der Waals surface area (Å²) in [4.78, 5) is 11.8. The molecule has 2 aliphatic rings. The van der Waals surface area contributed by atoms with Crippen molar-refractivity contribution in [2.45, 2.75) is 57.1 Å². The summed E-state index contributed by atoms with van der Waals surface area (Å²) >= 11 is 0. The molecule has 1 saturated heterocycles. The maximum absolute atomic E-state index is 12.0. The first kappa shape index (κ1) is 25.1. The molecule has 0 radical (unpaired) electrons. The van der Waals surface area contributed by atoms with Crippen molar-refractivity contribution in [2.75, 3.05) is 37.5 Å². The molecule has 2 heterocycles. The number of nitrogens with zero attached hydrogens (tertiary/aromatic N) is 3. The van der Waals surface area contributed by atoms with Gasteiger partial charge in [0.25, 0.3) is 0 Å². The van der Waals surface area contributed by atoms with Gasteiger partial charge in [0.2, 0.25) is 5.95 Å². The van der Waals surface area contributed by atoms with Crippen LogP contribution in [-0.4, -0.2) is 57.0 Å². The molecule has 3 atom stereocenters. The molecule has 2 aromatic rings. The van der Waals surface area contributed by atoms with E-state index >= 15 is 0 Å². The van der Waals surface area contributed by atoms with E-state index in [9.17, 15) is 8.42 Å². The van der Waals surface area contributed by atoms with E-state index in [1.165, 1.54) is 12.0 Å². The Morgan fingerprint density at radius 3 is 2.32 bits per heavy atom. The van der Waals surface area contributed by atoms with Crippen LogP contribution >= 0.6 is 0 Å². The smallest absolute Gasteiger partial charge is 0.225 e. The van der Waals surface area contributed by atoms with Gasteiger partial charge < -0.3 is 14.4 Å². The van der Waals surface area contributed by atoms with Gasteiger partial charge in [0.05, 0.1) is 30.0 Å². The minimum Gasteiger partial charge on any atom is -0.382 e. The van der Waals surface area contributed by atoms with Gasteiger partial charge in [-0.25, -0.2) is 18.4 Å². The average molecular weight is 488 g/mol. The summed E-state index contributed by atoms with van der Waals surface area (Å²) in [7, 11) is -1.45. The summed E-state index contributed by atoms with van der Waals surface area (Å²) in [5.74, 6) is 2.87. The highest BCUT2D eigenvalue weighted by Crippen LogP contribution is 2.50. The second-order valence-corrected chi connectivity index (χ2v) is 11.8. The van der Waals surface area contributed by atoms with Crippen molar-refractivity contribution in [2.24, 2.45) is 17.8 Å². The minimum atomic E-state index is -3.18. The van der Waals surface area contributed by atoms with Crippen LogP contribution in [0.5, 0.6) is 0 Å². The third-order valence-corrected chi connectivity index (χ3v) is 9.10. The third kappa shape index (κ3) is 5.96. The first-order valence-electron chi connectivity index (χ1n) is 12.4. The SMILES string of the molecule is CCc1cnc(N2CCC(C3CC3C(COC)OCc3ccc(S(=O)(=O)CC)cc3)CC2)nc1. The van der Waals surface area contributed by atoms with E-state index in [4.69, 9.17) is 9.47 Å². The van der Waals surface area contributed by atoms with E-state index in [0.29, 0.717) is 35.9 Å². The van der Waals surface area contributed by atoms with Gasteiger partial charge in [-0.3, -0.25) is 0 Å². The van der Waals surface area contributed by atoms with E-state index in [-0.39, 0.29) is 11.9 Å². The first-order valence-corrected chi connectivity index (χ1v) is 14.1. The number of sulfone groups is 1. The van der Waals surface area contributed by atoms with E-state index in [0.717, 1.165) is 43.9 Å². The zero-order valence-electron chi connectivity index (χ0n) is 20.5. The molecule has 1 aromatic carbocycles. The topological polar surface area (TPSA) is 81.6 Å². The number of ether oxygens (including phenoxy) is 2. The van der Waals surface area contributed by atoms with Gasteiger partial charge in [-0.2, -0.15) is 0 Å². The van der Waals surface area contributed by atoms with E-state index in [1.807, 2.05) is 24.5 Å². The van der Waals surface area contributed by atoms with Crippen molar-refractivity contribution >= 4 is 15.8 Å². The molecule has 0 bridgehead atoms. The van der Waals surface area contributed by atoms with Crippen molar-refractivity contribution in [1.82, 2.24) is 9.97 Å². The molecule has 1 aliphatic heterocycles. The van der Waals surface area contributed by atoms with Crippen LogP contribution < -0.4 is 4.90 Å². The van der Waals surface area contributed by atoms with Gasteiger partial charge in [0, 0.05) is 32.6 Å². The Morgan fingerprint density at radius 1 is 1.06 bits per heavy atom. The van der Waals surface area contributed by atoms with Crippen LogP contribution in [0.4, 0.5) is 5.95 Å². The van der Waals surface area contributed by atoms with E-state index < -0.39 is 9.84 Å². The van der Waals surface area contributed by atoms with Gasteiger partial charge in [-0.05, 0) is 66.7 Å². The van der Waals surface area contributed by atoms with Crippen molar-refractivity contribution in [1.29, 1.82) is 0 Å². The number of aromatic nitrogens is 2. The largest absolute Gasteiger partial charge is 0.382 e. The average Bonchev–Trinajstić information content (AvgIpc) is 3.68. The number of hydrogen-bond donors (Lipinski definition) is 0. The fraction of sp³-hybridized carbons (Fsp3) is 0.615. The van der Waals surface area contributed by atoms with Crippen LogP contribution in [0.2, 0.25) is 0 Å². The van der Waals surface area contributed by atoms with Gasteiger partial charge >= 0.3 is 0 Å². The molecule has 186 valence electrons. The second-order valence-electron chi connectivity index (χ2n) is 9.48. The lowest BCUT2D eigenvalue weighted by atomic mass is 9.90. The summed E-state index contributed by atoms with van der Waals surface area (Å²) in [6.45, 7) is 6.83. The third-order valence-electron chi connectivity index (χ3n) is 7.35. The van der Waals surface area contributed by atoms with Crippen molar-refractivity contribution in [3.8, 4) is 0 Å². The highest BCUT2D eigenvalue weighted by atomic mass is 32.2. The highest BCUT2D eigenvalue weighted by Gasteiger charge is 2.48. The highest BCUT2D eigenvalue weighted by molar-refractivity contribution is 7.91. The molecule has 34 heavy (non-hydrogen) atoms. The number of aryl methyl sites for hydroxylation is 1. The summed E-state index contributed by atoms with van der Waals surface area (Å²) in [6.07, 6.45) is 8.41.